The standard InChI is InChI=1S/C11H9N3O/c1-15-11-4-3-10(7-9(11)8-12)14-6-2-5-13-14/h2-7H,1H3. The van der Waals surface area contributed by atoms with Gasteiger partial charge in [-0.3, -0.25) is 0 Å². The van der Waals surface area contributed by atoms with Crippen molar-refractivity contribution >= 4 is 0 Å². The van der Waals surface area contributed by atoms with Gasteiger partial charge in [-0.25, -0.2) is 4.68 Å². The van der Waals surface area contributed by atoms with Gasteiger partial charge in [-0.15, -0.1) is 0 Å². The van der Waals surface area contributed by atoms with Gasteiger partial charge in [-0.2, -0.15) is 10.4 Å². The lowest BCUT2D eigenvalue weighted by Crippen LogP contribution is -1.96. The highest BCUT2D eigenvalue weighted by molar-refractivity contribution is 5.49. The van der Waals surface area contributed by atoms with Crippen LogP contribution in [-0.2, 0) is 0 Å². The van der Waals surface area contributed by atoms with Crippen molar-refractivity contribution in [2.75, 3.05) is 7.11 Å². The fourth-order valence-corrected chi connectivity index (χ4v) is 1.35. The summed E-state index contributed by atoms with van der Waals surface area (Å²) < 4.78 is 6.75. The number of hydrogen-bond acceptors (Lipinski definition) is 3. The number of nitriles is 1. The number of ether oxygens (including phenoxy) is 1. The maximum atomic E-state index is 8.91. The average Bonchev–Trinajstić information content (AvgIpc) is 2.81. The van der Waals surface area contributed by atoms with E-state index < -0.39 is 0 Å². The smallest absolute Gasteiger partial charge is 0.136 e. The van der Waals surface area contributed by atoms with Crippen LogP contribution in [0.5, 0.6) is 5.75 Å². The van der Waals surface area contributed by atoms with Crippen molar-refractivity contribution in [3.8, 4) is 17.5 Å². The molecule has 0 aliphatic carbocycles. The van der Waals surface area contributed by atoms with Crippen LogP contribution in [0.1, 0.15) is 5.56 Å². The van der Waals surface area contributed by atoms with Crippen molar-refractivity contribution in [1.29, 1.82) is 5.26 Å². The molecule has 15 heavy (non-hydrogen) atoms. The van der Waals surface area contributed by atoms with Crippen LogP contribution in [0.4, 0.5) is 0 Å². The Balaban J connectivity index is 2.49. The molecule has 2 rings (SSSR count). The molecule has 0 N–H and O–H groups in total. The van der Waals surface area contributed by atoms with E-state index in [1.807, 2.05) is 18.3 Å². The summed E-state index contributed by atoms with van der Waals surface area (Å²) in [5.74, 6) is 0.577. The molecule has 0 saturated carbocycles. The number of rotatable bonds is 2. The number of hydrogen-bond donors (Lipinski definition) is 0. The van der Waals surface area contributed by atoms with Gasteiger partial charge in [0.15, 0.2) is 0 Å². The van der Waals surface area contributed by atoms with Crippen LogP contribution in [0, 0.1) is 11.3 Å². The Bertz CT molecular complexity index is 497. The number of nitrogens with zero attached hydrogens (tertiary/aromatic N) is 3. The molecule has 1 aromatic carbocycles. The lowest BCUT2D eigenvalue weighted by atomic mass is 10.2. The molecule has 0 saturated heterocycles. The monoisotopic (exact) mass is 199 g/mol. The Morgan fingerprint density at radius 1 is 1.47 bits per heavy atom. The largest absolute Gasteiger partial charge is 0.495 e. The van der Waals surface area contributed by atoms with Crippen LogP contribution >= 0.6 is 0 Å². The molecule has 1 heterocycles. The van der Waals surface area contributed by atoms with Gasteiger partial charge in [0.2, 0.25) is 0 Å². The van der Waals surface area contributed by atoms with E-state index >= 15 is 0 Å². The third-order valence-electron chi connectivity index (χ3n) is 2.07. The summed E-state index contributed by atoms with van der Waals surface area (Å²) in [5, 5.41) is 13.0. The first-order chi connectivity index (χ1) is 7.35. The van der Waals surface area contributed by atoms with E-state index in [-0.39, 0.29) is 0 Å². The first kappa shape index (κ1) is 9.28. The molecule has 0 bridgehead atoms. The third kappa shape index (κ3) is 1.67. The molecule has 0 aliphatic heterocycles. The highest BCUT2D eigenvalue weighted by Gasteiger charge is 2.04. The van der Waals surface area contributed by atoms with Gasteiger partial charge in [-0.05, 0) is 24.3 Å². The Hall–Kier alpha value is -2.28. The lowest BCUT2D eigenvalue weighted by Gasteiger charge is -2.05. The zero-order chi connectivity index (χ0) is 10.7. The summed E-state index contributed by atoms with van der Waals surface area (Å²) in [5.41, 5.74) is 1.35. The van der Waals surface area contributed by atoms with Crippen molar-refractivity contribution in [2.45, 2.75) is 0 Å². The quantitative estimate of drug-likeness (QED) is 0.740. The van der Waals surface area contributed by atoms with Crippen molar-refractivity contribution in [2.24, 2.45) is 0 Å². The second kappa shape index (κ2) is 3.84. The molecule has 4 nitrogen and oxygen atoms in total. The topological polar surface area (TPSA) is 50.8 Å². The molecular weight excluding hydrogens is 190 g/mol. The first-order valence-electron chi connectivity index (χ1n) is 4.43. The minimum atomic E-state index is 0.505. The summed E-state index contributed by atoms with van der Waals surface area (Å²) in [6.45, 7) is 0. The fourth-order valence-electron chi connectivity index (χ4n) is 1.35. The van der Waals surface area contributed by atoms with E-state index in [1.165, 1.54) is 0 Å². The summed E-state index contributed by atoms with van der Waals surface area (Å²) in [6.07, 6.45) is 3.51. The third-order valence-corrected chi connectivity index (χ3v) is 2.07. The molecular formula is C11H9N3O. The molecule has 0 aliphatic rings. The number of benzene rings is 1. The Labute approximate surface area is 87.3 Å². The second-order valence-electron chi connectivity index (χ2n) is 2.95. The number of methoxy groups -OCH3 is 1. The molecule has 0 unspecified atom stereocenters. The minimum Gasteiger partial charge on any atom is -0.495 e. The molecule has 0 atom stereocenters. The molecule has 4 heteroatoms. The van der Waals surface area contributed by atoms with Crippen molar-refractivity contribution in [3.05, 3.63) is 42.2 Å². The zero-order valence-electron chi connectivity index (χ0n) is 8.21. The minimum absolute atomic E-state index is 0.505. The summed E-state index contributed by atoms with van der Waals surface area (Å²) in [4.78, 5) is 0. The van der Waals surface area contributed by atoms with Gasteiger partial charge in [-0.1, -0.05) is 0 Å². The second-order valence-corrected chi connectivity index (χ2v) is 2.95. The van der Waals surface area contributed by atoms with E-state index in [9.17, 15) is 0 Å². The predicted molar refractivity (Wildman–Crippen MR) is 54.8 cm³/mol. The molecule has 0 amide bonds. The SMILES string of the molecule is COc1ccc(-n2cccn2)cc1C#N. The maximum Gasteiger partial charge on any atom is 0.136 e. The van der Waals surface area contributed by atoms with Crippen LogP contribution in [0.25, 0.3) is 5.69 Å². The molecule has 0 spiro atoms. The summed E-state index contributed by atoms with van der Waals surface area (Å²) in [7, 11) is 1.55. The Kier molecular flexibility index (Phi) is 2.38. The molecule has 0 radical (unpaired) electrons. The van der Waals surface area contributed by atoms with Gasteiger partial charge in [0, 0.05) is 12.4 Å². The molecule has 0 fully saturated rings. The number of aromatic nitrogens is 2. The highest BCUT2D eigenvalue weighted by atomic mass is 16.5. The molecule has 1 aromatic heterocycles. The van der Waals surface area contributed by atoms with E-state index in [2.05, 4.69) is 11.2 Å². The van der Waals surface area contributed by atoms with Gasteiger partial charge < -0.3 is 4.74 Å². The molecule has 2 aromatic rings. The van der Waals surface area contributed by atoms with Gasteiger partial charge in [0.1, 0.15) is 11.8 Å². The lowest BCUT2D eigenvalue weighted by molar-refractivity contribution is 0.413. The van der Waals surface area contributed by atoms with Crippen LogP contribution in [0.15, 0.2) is 36.7 Å². The zero-order valence-corrected chi connectivity index (χ0v) is 8.21. The van der Waals surface area contributed by atoms with Gasteiger partial charge in [0.25, 0.3) is 0 Å². The van der Waals surface area contributed by atoms with E-state index in [1.54, 1.807) is 30.1 Å². The van der Waals surface area contributed by atoms with E-state index in [0.717, 1.165) is 5.69 Å². The highest BCUT2D eigenvalue weighted by Crippen LogP contribution is 2.20. The van der Waals surface area contributed by atoms with Crippen LogP contribution < -0.4 is 4.74 Å². The average molecular weight is 199 g/mol. The van der Waals surface area contributed by atoms with Crippen LogP contribution in [-0.4, -0.2) is 16.9 Å². The van der Waals surface area contributed by atoms with Crippen molar-refractivity contribution < 1.29 is 4.74 Å². The molecule has 74 valence electrons. The Morgan fingerprint density at radius 3 is 2.93 bits per heavy atom. The van der Waals surface area contributed by atoms with Crippen LogP contribution in [0.2, 0.25) is 0 Å². The Morgan fingerprint density at radius 2 is 2.33 bits per heavy atom. The summed E-state index contributed by atoms with van der Waals surface area (Å²) >= 11 is 0. The van der Waals surface area contributed by atoms with E-state index in [0.29, 0.717) is 11.3 Å². The first-order valence-corrected chi connectivity index (χ1v) is 4.43. The van der Waals surface area contributed by atoms with Crippen LogP contribution in [0.3, 0.4) is 0 Å². The van der Waals surface area contributed by atoms with Gasteiger partial charge >= 0.3 is 0 Å². The van der Waals surface area contributed by atoms with Gasteiger partial charge in [0.05, 0.1) is 18.4 Å². The van der Waals surface area contributed by atoms with E-state index in [4.69, 9.17) is 10.00 Å². The normalized spacial score (nSPS) is 9.60. The summed E-state index contributed by atoms with van der Waals surface area (Å²) in [6, 6.07) is 9.27. The predicted octanol–water partition coefficient (Wildman–Crippen LogP) is 1.75. The van der Waals surface area contributed by atoms with Crippen molar-refractivity contribution in [1.82, 2.24) is 9.78 Å². The van der Waals surface area contributed by atoms with Crippen molar-refractivity contribution in [3.63, 3.8) is 0 Å². The maximum absolute atomic E-state index is 8.91. The fraction of sp³-hybridized carbons (Fsp3) is 0.0909.